The highest BCUT2D eigenvalue weighted by atomic mass is 19.2. The molecular formula is C18H20F3N3O. The first kappa shape index (κ1) is 16.6. The van der Waals surface area contributed by atoms with E-state index in [-0.39, 0.29) is 23.6 Å². The highest BCUT2D eigenvalue weighted by Gasteiger charge is 2.37. The fourth-order valence-electron chi connectivity index (χ4n) is 4.17. The summed E-state index contributed by atoms with van der Waals surface area (Å²) in [6.45, 7) is 3.27. The topological polar surface area (TPSA) is 55.3 Å². The van der Waals surface area contributed by atoms with Crippen molar-refractivity contribution in [3.63, 3.8) is 0 Å². The minimum Gasteiger partial charge on any atom is -0.444 e. The molecule has 0 saturated heterocycles. The highest BCUT2D eigenvalue weighted by molar-refractivity contribution is 5.26. The Bertz CT molecular complexity index is 784. The van der Waals surface area contributed by atoms with Crippen molar-refractivity contribution < 1.29 is 17.6 Å². The molecule has 1 saturated carbocycles. The van der Waals surface area contributed by atoms with Crippen LogP contribution in [0.4, 0.5) is 13.2 Å². The van der Waals surface area contributed by atoms with E-state index in [1.807, 2.05) is 6.92 Å². The van der Waals surface area contributed by atoms with Gasteiger partial charge in [-0.15, -0.1) is 0 Å². The van der Waals surface area contributed by atoms with Gasteiger partial charge in [-0.2, -0.15) is 0 Å². The standard InChI is InChI=1S/C18H20F3N3O/c1-9-23-17-7-24(8-18(17)25-9)10-2-3-11(16(22)4-10)12-5-14(20)15(21)6-13(12)19/h5-6,10-11,16H,2-4,7-8,22H2,1H3/t10-,11+,16?/m0/s1. The van der Waals surface area contributed by atoms with Crippen molar-refractivity contribution in [3.05, 3.63) is 52.5 Å². The number of nitrogens with zero attached hydrogens (tertiary/aromatic N) is 2. The Kier molecular flexibility index (Phi) is 4.08. The summed E-state index contributed by atoms with van der Waals surface area (Å²) >= 11 is 0. The number of nitrogens with two attached hydrogens (primary N) is 1. The van der Waals surface area contributed by atoms with Crippen molar-refractivity contribution in [2.75, 3.05) is 0 Å². The third kappa shape index (κ3) is 2.95. The smallest absolute Gasteiger partial charge is 0.191 e. The third-order valence-electron chi connectivity index (χ3n) is 5.41. The van der Waals surface area contributed by atoms with Gasteiger partial charge < -0.3 is 10.2 Å². The van der Waals surface area contributed by atoms with E-state index in [1.54, 1.807) is 0 Å². The molecule has 1 unspecified atom stereocenters. The highest BCUT2D eigenvalue weighted by Crippen LogP contribution is 2.38. The molecule has 3 atom stereocenters. The van der Waals surface area contributed by atoms with E-state index in [4.69, 9.17) is 10.2 Å². The summed E-state index contributed by atoms with van der Waals surface area (Å²) in [6.07, 6.45) is 2.13. The largest absolute Gasteiger partial charge is 0.444 e. The van der Waals surface area contributed by atoms with E-state index in [0.29, 0.717) is 31.3 Å². The average Bonchev–Trinajstić information content (AvgIpc) is 3.08. The molecular weight excluding hydrogens is 331 g/mol. The van der Waals surface area contributed by atoms with E-state index in [0.717, 1.165) is 30.5 Å². The lowest BCUT2D eigenvalue weighted by molar-refractivity contribution is 0.130. The maximum Gasteiger partial charge on any atom is 0.191 e. The van der Waals surface area contributed by atoms with Crippen molar-refractivity contribution in [3.8, 4) is 0 Å². The Balaban J connectivity index is 1.46. The number of aryl methyl sites for hydroxylation is 1. The molecule has 0 bridgehead atoms. The lowest BCUT2D eigenvalue weighted by atomic mass is 9.77. The molecule has 25 heavy (non-hydrogen) atoms. The molecule has 2 N–H and O–H groups in total. The second-order valence-electron chi connectivity index (χ2n) is 7.03. The molecule has 1 fully saturated rings. The monoisotopic (exact) mass is 351 g/mol. The van der Waals surface area contributed by atoms with Crippen LogP contribution in [-0.4, -0.2) is 22.0 Å². The Morgan fingerprint density at radius 3 is 2.60 bits per heavy atom. The fraction of sp³-hybridized carbons (Fsp3) is 0.500. The van der Waals surface area contributed by atoms with Crippen molar-refractivity contribution in [1.29, 1.82) is 0 Å². The first-order valence-electron chi connectivity index (χ1n) is 8.51. The zero-order valence-electron chi connectivity index (χ0n) is 13.9. The number of rotatable bonds is 2. The molecule has 7 heteroatoms. The normalized spacial score (nSPS) is 26.8. The number of halogens is 3. The molecule has 2 heterocycles. The van der Waals surface area contributed by atoms with Crippen LogP contribution in [0.1, 0.15) is 48.1 Å². The molecule has 134 valence electrons. The molecule has 4 rings (SSSR count). The van der Waals surface area contributed by atoms with Crippen LogP contribution in [0.2, 0.25) is 0 Å². The van der Waals surface area contributed by atoms with Crippen LogP contribution >= 0.6 is 0 Å². The minimum atomic E-state index is -1.17. The Labute approximate surface area is 143 Å². The van der Waals surface area contributed by atoms with Crippen molar-refractivity contribution in [1.82, 2.24) is 9.88 Å². The molecule has 1 aromatic carbocycles. The number of oxazole rings is 1. The number of aromatic nitrogens is 1. The van der Waals surface area contributed by atoms with Gasteiger partial charge in [0, 0.05) is 37.5 Å². The van der Waals surface area contributed by atoms with Crippen LogP contribution in [0, 0.1) is 24.4 Å². The van der Waals surface area contributed by atoms with Gasteiger partial charge >= 0.3 is 0 Å². The molecule has 1 aromatic heterocycles. The number of fused-ring (bicyclic) bond motifs is 1. The molecule has 0 amide bonds. The van der Waals surface area contributed by atoms with Crippen molar-refractivity contribution in [2.45, 2.75) is 57.3 Å². The quantitative estimate of drug-likeness (QED) is 0.843. The molecule has 1 aliphatic carbocycles. The second-order valence-corrected chi connectivity index (χ2v) is 7.03. The zero-order chi connectivity index (χ0) is 17.7. The van der Waals surface area contributed by atoms with Gasteiger partial charge in [0.15, 0.2) is 17.5 Å². The van der Waals surface area contributed by atoms with E-state index in [1.165, 1.54) is 0 Å². The zero-order valence-corrected chi connectivity index (χ0v) is 13.9. The van der Waals surface area contributed by atoms with E-state index in [2.05, 4.69) is 9.88 Å². The van der Waals surface area contributed by atoms with Gasteiger partial charge in [-0.25, -0.2) is 18.2 Å². The summed E-state index contributed by atoms with van der Waals surface area (Å²) < 4.78 is 46.3. The van der Waals surface area contributed by atoms with Crippen LogP contribution in [-0.2, 0) is 13.1 Å². The molecule has 0 radical (unpaired) electrons. The molecule has 2 aliphatic rings. The SMILES string of the molecule is Cc1nc2c(o1)CN([C@H]1CC[C@H](c3cc(F)c(F)cc3F)C(N)C1)C2. The number of hydrogen-bond acceptors (Lipinski definition) is 4. The maximum absolute atomic E-state index is 14.1. The lowest BCUT2D eigenvalue weighted by Gasteiger charge is -2.38. The van der Waals surface area contributed by atoms with Crippen LogP contribution in [0.15, 0.2) is 16.5 Å². The first-order chi connectivity index (χ1) is 11.9. The summed E-state index contributed by atoms with van der Waals surface area (Å²) in [6, 6.07) is 1.51. The third-order valence-corrected chi connectivity index (χ3v) is 5.41. The van der Waals surface area contributed by atoms with E-state index in [9.17, 15) is 13.2 Å². The number of benzene rings is 1. The maximum atomic E-state index is 14.1. The number of hydrogen-bond donors (Lipinski definition) is 1. The van der Waals surface area contributed by atoms with Gasteiger partial charge in [-0.05, 0) is 30.9 Å². The molecule has 0 spiro atoms. The van der Waals surface area contributed by atoms with Crippen molar-refractivity contribution >= 4 is 0 Å². The molecule has 1 aliphatic heterocycles. The van der Waals surface area contributed by atoms with Gasteiger partial charge in [0.1, 0.15) is 11.6 Å². The van der Waals surface area contributed by atoms with Crippen LogP contribution in [0.5, 0.6) is 0 Å². The predicted molar refractivity (Wildman–Crippen MR) is 85.2 cm³/mol. The summed E-state index contributed by atoms with van der Waals surface area (Å²) in [4.78, 5) is 6.66. The van der Waals surface area contributed by atoms with Gasteiger partial charge in [-0.3, -0.25) is 4.90 Å². The molecule has 2 aromatic rings. The van der Waals surface area contributed by atoms with Crippen LogP contribution in [0.3, 0.4) is 0 Å². The fourth-order valence-corrected chi connectivity index (χ4v) is 4.17. The summed E-state index contributed by atoms with van der Waals surface area (Å²) in [5.74, 6) is -1.64. The first-order valence-corrected chi connectivity index (χ1v) is 8.51. The van der Waals surface area contributed by atoms with Gasteiger partial charge in [0.2, 0.25) is 0 Å². The van der Waals surface area contributed by atoms with E-state index >= 15 is 0 Å². The van der Waals surface area contributed by atoms with Gasteiger partial charge in [0.05, 0.1) is 12.2 Å². The van der Waals surface area contributed by atoms with Gasteiger partial charge in [0.25, 0.3) is 0 Å². The summed E-state index contributed by atoms with van der Waals surface area (Å²) in [5, 5.41) is 0. The van der Waals surface area contributed by atoms with Crippen LogP contribution < -0.4 is 5.73 Å². The van der Waals surface area contributed by atoms with E-state index < -0.39 is 17.5 Å². The summed E-state index contributed by atoms with van der Waals surface area (Å²) in [7, 11) is 0. The average molecular weight is 351 g/mol. The van der Waals surface area contributed by atoms with Crippen molar-refractivity contribution in [2.24, 2.45) is 5.73 Å². The Morgan fingerprint density at radius 2 is 1.88 bits per heavy atom. The molecule has 4 nitrogen and oxygen atoms in total. The van der Waals surface area contributed by atoms with Gasteiger partial charge in [-0.1, -0.05) is 0 Å². The Morgan fingerprint density at radius 1 is 1.12 bits per heavy atom. The lowest BCUT2D eigenvalue weighted by Crippen LogP contribution is -2.44. The van der Waals surface area contributed by atoms with Crippen LogP contribution in [0.25, 0.3) is 0 Å². The minimum absolute atomic E-state index is 0.176. The summed E-state index contributed by atoms with van der Waals surface area (Å²) in [5.41, 5.74) is 7.43. The Hall–Kier alpha value is -1.86. The predicted octanol–water partition coefficient (Wildman–Crippen LogP) is 3.38. The second kappa shape index (κ2) is 6.14.